The number of anilines is 1. The molecule has 1 aromatic heterocycles. The van der Waals surface area contributed by atoms with Crippen LogP contribution in [0.4, 0.5) is 5.69 Å². The number of carbonyl (C=O) groups excluding carboxylic acids is 2. The van der Waals surface area contributed by atoms with Crippen LogP contribution in [0.5, 0.6) is 0 Å². The van der Waals surface area contributed by atoms with E-state index in [0.717, 1.165) is 11.1 Å². The van der Waals surface area contributed by atoms with Crippen molar-refractivity contribution in [3.8, 4) is 0 Å². The van der Waals surface area contributed by atoms with E-state index in [1.165, 1.54) is 16.0 Å². The van der Waals surface area contributed by atoms with E-state index in [4.69, 9.17) is 9.52 Å². The van der Waals surface area contributed by atoms with Gasteiger partial charge in [0.1, 0.15) is 22.8 Å². The van der Waals surface area contributed by atoms with Gasteiger partial charge in [-0.15, -0.1) is 0 Å². The van der Waals surface area contributed by atoms with Gasteiger partial charge in [0.25, 0.3) is 5.91 Å². The van der Waals surface area contributed by atoms with Crippen LogP contribution in [0.3, 0.4) is 0 Å². The molecule has 8 heteroatoms. The molecule has 29 heavy (non-hydrogen) atoms. The third-order valence-electron chi connectivity index (χ3n) is 4.81. The third kappa shape index (κ3) is 4.21. The Morgan fingerprint density at radius 1 is 1.21 bits per heavy atom. The second-order valence-corrected chi connectivity index (χ2v) is 7.19. The summed E-state index contributed by atoms with van der Waals surface area (Å²) >= 11 is 0. The Labute approximate surface area is 168 Å². The number of carboxylic acid groups (broad SMARTS) is 1. The maximum atomic E-state index is 12.9. The van der Waals surface area contributed by atoms with Crippen LogP contribution in [0, 0.1) is 20.8 Å². The van der Waals surface area contributed by atoms with E-state index < -0.39 is 5.97 Å². The first kappa shape index (κ1) is 20.3. The first-order valence-corrected chi connectivity index (χ1v) is 9.23. The van der Waals surface area contributed by atoms with Crippen LogP contribution in [0.15, 0.2) is 33.8 Å². The standard InChI is InChI=1S/C21H23N3O5/c1-12-5-6-13(2)18(9-12)24-19(25)8-7-17(22-24)20(26)23(4)11-15-10-16(21(27)28)14(3)29-15/h5-6,9-10H,7-8,11H2,1-4H3,(H,27,28). The number of furan rings is 1. The van der Waals surface area contributed by atoms with Gasteiger partial charge in [0, 0.05) is 19.9 Å². The van der Waals surface area contributed by atoms with Crippen molar-refractivity contribution >= 4 is 29.2 Å². The van der Waals surface area contributed by atoms with E-state index >= 15 is 0 Å². The number of hydrazone groups is 1. The Balaban J connectivity index is 1.82. The summed E-state index contributed by atoms with van der Waals surface area (Å²) in [5.74, 6) is -0.917. The minimum absolute atomic E-state index is 0.0718. The van der Waals surface area contributed by atoms with Gasteiger partial charge in [0.2, 0.25) is 5.91 Å². The molecule has 8 nitrogen and oxygen atoms in total. The molecule has 0 fully saturated rings. The van der Waals surface area contributed by atoms with Crippen molar-refractivity contribution in [1.29, 1.82) is 0 Å². The zero-order valence-electron chi connectivity index (χ0n) is 16.9. The molecule has 152 valence electrons. The average molecular weight is 397 g/mol. The molecule has 1 aromatic carbocycles. The number of hydrogen-bond donors (Lipinski definition) is 1. The lowest BCUT2D eigenvalue weighted by atomic mass is 10.1. The van der Waals surface area contributed by atoms with Gasteiger partial charge in [-0.25, -0.2) is 9.80 Å². The summed E-state index contributed by atoms with van der Waals surface area (Å²) < 4.78 is 5.44. The quantitative estimate of drug-likeness (QED) is 0.835. The topological polar surface area (TPSA) is 103 Å². The lowest BCUT2D eigenvalue weighted by molar-refractivity contribution is -0.124. The highest BCUT2D eigenvalue weighted by Crippen LogP contribution is 2.26. The highest BCUT2D eigenvalue weighted by Gasteiger charge is 2.28. The van der Waals surface area contributed by atoms with Crippen molar-refractivity contribution in [3.63, 3.8) is 0 Å². The number of amides is 2. The summed E-state index contributed by atoms with van der Waals surface area (Å²) in [4.78, 5) is 37.8. The predicted octanol–water partition coefficient (Wildman–Crippen LogP) is 3.04. The van der Waals surface area contributed by atoms with Gasteiger partial charge >= 0.3 is 5.97 Å². The number of aromatic carboxylic acids is 1. The molecule has 0 radical (unpaired) electrons. The number of carboxylic acids is 1. The maximum Gasteiger partial charge on any atom is 0.339 e. The second-order valence-electron chi connectivity index (χ2n) is 7.19. The molecule has 1 aliphatic rings. The molecule has 0 saturated carbocycles. The minimum Gasteiger partial charge on any atom is -0.478 e. The maximum absolute atomic E-state index is 12.9. The van der Waals surface area contributed by atoms with Crippen molar-refractivity contribution in [2.24, 2.45) is 5.10 Å². The molecular formula is C21H23N3O5. The highest BCUT2D eigenvalue weighted by atomic mass is 16.4. The fourth-order valence-electron chi connectivity index (χ4n) is 3.20. The van der Waals surface area contributed by atoms with E-state index in [-0.39, 0.29) is 48.2 Å². The molecule has 0 aliphatic carbocycles. The molecular weight excluding hydrogens is 374 g/mol. The Morgan fingerprint density at radius 3 is 2.59 bits per heavy atom. The Bertz CT molecular complexity index is 1020. The summed E-state index contributed by atoms with van der Waals surface area (Å²) in [6.07, 6.45) is 0.440. The van der Waals surface area contributed by atoms with Gasteiger partial charge < -0.3 is 14.4 Å². The third-order valence-corrected chi connectivity index (χ3v) is 4.81. The van der Waals surface area contributed by atoms with Crippen molar-refractivity contribution in [3.05, 3.63) is 52.5 Å². The van der Waals surface area contributed by atoms with E-state index in [0.29, 0.717) is 11.4 Å². The van der Waals surface area contributed by atoms with Gasteiger partial charge in [-0.1, -0.05) is 12.1 Å². The van der Waals surface area contributed by atoms with Crippen LogP contribution in [0.2, 0.25) is 0 Å². The summed E-state index contributed by atoms with van der Waals surface area (Å²) in [5.41, 5.74) is 2.89. The molecule has 0 unspecified atom stereocenters. The average Bonchev–Trinajstić information content (AvgIpc) is 3.04. The van der Waals surface area contributed by atoms with Crippen molar-refractivity contribution in [2.75, 3.05) is 12.1 Å². The fraction of sp³-hybridized carbons (Fsp3) is 0.333. The van der Waals surface area contributed by atoms with Gasteiger partial charge in [-0.3, -0.25) is 9.59 Å². The van der Waals surface area contributed by atoms with Crippen molar-refractivity contribution < 1.29 is 23.9 Å². The molecule has 2 heterocycles. The number of hydrogen-bond acceptors (Lipinski definition) is 5. The molecule has 1 aliphatic heterocycles. The van der Waals surface area contributed by atoms with Crippen molar-refractivity contribution in [2.45, 2.75) is 40.2 Å². The summed E-state index contributed by atoms with van der Waals surface area (Å²) in [7, 11) is 1.59. The van der Waals surface area contributed by atoms with Gasteiger partial charge in [0.15, 0.2) is 0 Å². The molecule has 1 N–H and O–H groups in total. The van der Waals surface area contributed by atoms with Crippen LogP contribution < -0.4 is 5.01 Å². The van der Waals surface area contributed by atoms with E-state index in [1.807, 2.05) is 32.0 Å². The molecule has 0 atom stereocenters. The van der Waals surface area contributed by atoms with Gasteiger partial charge in [-0.2, -0.15) is 5.10 Å². The molecule has 2 amide bonds. The fourth-order valence-corrected chi connectivity index (χ4v) is 3.20. The summed E-state index contributed by atoms with van der Waals surface area (Å²) in [5, 5.41) is 14.8. The minimum atomic E-state index is -1.08. The van der Waals surface area contributed by atoms with E-state index in [9.17, 15) is 14.4 Å². The van der Waals surface area contributed by atoms with Crippen LogP contribution in [-0.4, -0.2) is 40.5 Å². The second kappa shape index (κ2) is 7.90. The first-order valence-electron chi connectivity index (χ1n) is 9.23. The lowest BCUT2D eigenvalue weighted by Crippen LogP contribution is -2.40. The number of carbonyl (C=O) groups is 3. The smallest absolute Gasteiger partial charge is 0.339 e. The summed E-state index contributed by atoms with van der Waals surface area (Å²) in [6.45, 7) is 5.48. The van der Waals surface area contributed by atoms with E-state index in [2.05, 4.69) is 5.10 Å². The molecule has 0 spiro atoms. The van der Waals surface area contributed by atoms with Crippen molar-refractivity contribution in [1.82, 2.24) is 4.90 Å². The number of benzene rings is 1. The first-order chi connectivity index (χ1) is 13.7. The number of nitrogens with zero attached hydrogens (tertiary/aromatic N) is 3. The predicted molar refractivity (Wildman–Crippen MR) is 107 cm³/mol. The monoisotopic (exact) mass is 397 g/mol. The Hall–Kier alpha value is -3.42. The lowest BCUT2D eigenvalue weighted by Gasteiger charge is -2.26. The van der Waals surface area contributed by atoms with Crippen LogP contribution in [0.25, 0.3) is 0 Å². The Morgan fingerprint density at radius 2 is 1.93 bits per heavy atom. The molecule has 3 rings (SSSR count). The molecule has 2 aromatic rings. The molecule has 0 saturated heterocycles. The normalized spacial score (nSPS) is 14.0. The van der Waals surface area contributed by atoms with Gasteiger partial charge in [0.05, 0.1) is 12.2 Å². The Kier molecular flexibility index (Phi) is 5.54. The van der Waals surface area contributed by atoms with Gasteiger partial charge in [-0.05, 0) is 44.0 Å². The largest absolute Gasteiger partial charge is 0.478 e. The van der Waals surface area contributed by atoms with Crippen LogP contribution in [-0.2, 0) is 16.1 Å². The highest BCUT2D eigenvalue weighted by molar-refractivity contribution is 6.40. The van der Waals surface area contributed by atoms with E-state index in [1.54, 1.807) is 14.0 Å². The SMILES string of the molecule is Cc1ccc(C)c(N2N=C(C(=O)N(C)Cc3cc(C(=O)O)c(C)o3)CCC2=O)c1. The number of aryl methyl sites for hydroxylation is 3. The zero-order valence-corrected chi connectivity index (χ0v) is 16.9. The zero-order chi connectivity index (χ0) is 21.3. The number of rotatable bonds is 5. The van der Waals surface area contributed by atoms with Crippen LogP contribution in [0.1, 0.15) is 45.8 Å². The summed E-state index contributed by atoms with van der Waals surface area (Å²) in [6, 6.07) is 7.14. The molecule has 0 bridgehead atoms. The van der Waals surface area contributed by atoms with Crippen LogP contribution >= 0.6 is 0 Å².